The molecule has 0 aliphatic carbocycles. The van der Waals surface area contributed by atoms with Crippen molar-refractivity contribution in [3.8, 4) is 0 Å². The van der Waals surface area contributed by atoms with Crippen molar-refractivity contribution in [2.75, 3.05) is 46.8 Å². The number of amides is 1. The number of piperidine rings is 1. The van der Waals surface area contributed by atoms with Gasteiger partial charge >= 0.3 is 0 Å². The zero-order chi connectivity index (χ0) is 18.3. The quantitative estimate of drug-likeness (QED) is 0.357. The molecule has 1 aliphatic heterocycles. The SMILES string of the molecule is CCNC(=NCC(=O)N(C)C)NCC(C)(C)N1CC(C)CC(C)C1.I. The predicted molar refractivity (Wildman–Crippen MR) is 117 cm³/mol. The number of rotatable bonds is 6. The Morgan fingerprint density at radius 3 is 2.24 bits per heavy atom. The van der Waals surface area contributed by atoms with Gasteiger partial charge in [0.2, 0.25) is 5.91 Å². The summed E-state index contributed by atoms with van der Waals surface area (Å²) in [7, 11) is 3.50. The molecule has 0 saturated carbocycles. The fourth-order valence-corrected chi connectivity index (χ4v) is 3.20. The molecule has 0 aromatic rings. The summed E-state index contributed by atoms with van der Waals surface area (Å²) in [6.45, 7) is 15.3. The van der Waals surface area contributed by atoms with Crippen molar-refractivity contribution in [2.45, 2.75) is 46.6 Å². The molecule has 2 unspecified atom stereocenters. The van der Waals surface area contributed by atoms with Crippen LogP contribution in [-0.2, 0) is 4.79 Å². The fourth-order valence-electron chi connectivity index (χ4n) is 3.20. The number of hydrogen-bond donors (Lipinski definition) is 2. The van der Waals surface area contributed by atoms with Gasteiger partial charge in [-0.15, -0.1) is 24.0 Å². The molecule has 6 nitrogen and oxygen atoms in total. The Labute approximate surface area is 171 Å². The van der Waals surface area contributed by atoms with Gasteiger partial charge in [0.25, 0.3) is 0 Å². The van der Waals surface area contributed by atoms with E-state index in [9.17, 15) is 4.79 Å². The molecular weight excluding hydrogens is 429 g/mol. The number of nitrogens with one attached hydrogen (secondary N) is 2. The molecule has 0 spiro atoms. The second-order valence-corrected chi connectivity index (χ2v) is 8.00. The summed E-state index contributed by atoms with van der Waals surface area (Å²) in [4.78, 5) is 20.3. The zero-order valence-electron chi connectivity index (χ0n) is 17.1. The van der Waals surface area contributed by atoms with Crippen LogP contribution in [0.25, 0.3) is 0 Å². The lowest BCUT2D eigenvalue weighted by Gasteiger charge is -2.45. The van der Waals surface area contributed by atoms with Gasteiger partial charge in [-0.2, -0.15) is 0 Å². The third-order valence-electron chi connectivity index (χ3n) is 4.63. The van der Waals surface area contributed by atoms with Crippen LogP contribution in [0.15, 0.2) is 4.99 Å². The van der Waals surface area contributed by atoms with E-state index in [4.69, 9.17) is 0 Å². The van der Waals surface area contributed by atoms with Crippen LogP contribution in [0.3, 0.4) is 0 Å². The second-order valence-electron chi connectivity index (χ2n) is 8.00. The molecule has 25 heavy (non-hydrogen) atoms. The van der Waals surface area contributed by atoms with E-state index >= 15 is 0 Å². The number of likely N-dealkylation sites (tertiary alicyclic amines) is 1. The summed E-state index contributed by atoms with van der Waals surface area (Å²) in [5.41, 5.74) is 0.0463. The number of carbonyl (C=O) groups excluding carboxylic acids is 1. The molecule has 1 aliphatic rings. The maximum Gasteiger partial charge on any atom is 0.243 e. The maximum atomic E-state index is 11.7. The Kier molecular flexibility index (Phi) is 11.0. The fraction of sp³-hybridized carbons (Fsp3) is 0.889. The van der Waals surface area contributed by atoms with E-state index in [-0.39, 0.29) is 42.0 Å². The van der Waals surface area contributed by atoms with E-state index in [0.717, 1.165) is 38.0 Å². The van der Waals surface area contributed by atoms with Gasteiger partial charge in [-0.3, -0.25) is 9.69 Å². The van der Waals surface area contributed by atoms with Crippen molar-refractivity contribution >= 4 is 35.8 Å². The molecule has 0 radical (unpaired) electrons. The van der Waals surface area contributed by atoms with Gasteiger partial charge in [-0.1, -0.05) is 13.8 Å². The van der Waals surface area contributed by atoms with Crippen LogP contribution in [0.1, 0.15) is 41.0 Å². The van der Waals surface area contributed by atoms with E-state index in [0.29, 0.717) is 5.96 Å². The highest BCUT2D eigenvalue weighted by atomic mass is 127. The zero-order valence-corrected chi connectivity index (χ0v) is 19.4. The van der Waals surface area contributed by atoms with Crippen LogP contribution in [-0.4, -0.2) is 74.0 Å². The van der Waals surface area contributed by atoms with E-state index in [2.05, 4.69) is 48.2 Å². The first-order valence-electron chi connectivity index (χ1n) is 9.13. The smallest absolute Gasteiger partial charge is 0.243 e. The molecule has 1 heterocycles. The minimum Gasteiger partial charge on any atom is -0.357 e. The van der Waals surface area contributed by atoms with Crippen molar-refractivity contribution in [1.29, 1.82) is 0 Å². The molecule has 1 saturated heterocycles. The van der Waals surface area contributed by atoms with Crippen LogP contribution < -0.4 is 10.6 Å². The number of nitrogens with zero attached hydrogens (tertiary/aromatic N) is 3. The summed E-state index contributed by atoms with van der Waals surface area (Å²) >= 11 is 0. The highest BCUT2D eigenvalue weighted by Gasteiger charge is 2.32. The molecule has 1 rings (SSSR count). The Balaban J connectivity index is 0.00000576. The second kappa shape index (κ2) is 11.2. The van der Waals surface area contributed by atoms with Gasteiger partial charge in [0.05, 0.1) is 0 Å². The maximum absolute atomic E-state index is 11.7. The van der Waals surface area contributed by atoms with E-state index in [1.807, 2.05) is 6.92 Å². The Morgan fingerprint density at radius 2 is 1.76 bits per heavy atom. The largest absolute Gasteiger partial charge is 0.357 e. The summed E-state index contributed by atoms with van der Waals surface area (Å²) in [5, 5.41) is 6.63. The Bertz CT molecular complexity index is 429. The normalized spacial score (nSPS) is 22.1. The summed E-state index contributed by atoms with van der Waals surface area (Å²) in [6.07, 6.45) is 1.32. The molecule has 1 fully saturated rings. The molecule has 148 valence electrons. The number of likely N-dealkylation sites (N-methyl/N-ethyl adjacent to an activating group) is 1. The third kappa shape index (κ3) is 8.57. The first kappa shape index (κ1) is 24.4. The predicted octanol–water partition coefficient (Wildman–Crippen LogP) is 2.00. The van der Waals surface area contributed by atoms with Crippen molar-refractivity contribution in [1.82, 2.24) is 20.4 Å². The third-order valence-corrected chi connectivity index (χ3v) is 4.63. The van der Waals surface area contributed by atoms with E-state index in [1.165, 1.54) is 6.42 Å². The Hall–Kier alpha value is -0.570. The van der Waals surface area contributed by atoms with Gasteiger partial charge in [-0.25, -0.2) is 4.99 Å². The minimum absolute atomic E-state index is 0. The number of aliphatic imine (C=N–C) groups is 1. The van der Waals surface area contributed by atoms with Crippen LogP contribution in [0.5, 0.6) is 0 Å². The average Bonchev–Trinajstić information content (AvgIpc) is 2.48. The van der Waals surface area contributed by atoms with E-state index in [1.54, 1.807) is 19.0 Å². The van der Waals surface area contributed by atoms with Crippen molar-refractivity contribution in [3.05, 3.63) is 0 Å². The first-order valence-corrected chi connectivity index (χ1v) is 9.13. The lowest BCUT2D eigenvalue weighted by atomic mass is 9.88. The van der Waals surface area contributed by atoms with Gasteiger partial charge in [0.15, 0.2) is 5.96 Å². The van der Waals surface area contributed by atoms with Crippen LogP contribution in [0.2, 0.25) is 0 Å². The van der Waals surface area contributed by atoms with Crippen molar-refractivity contribution in [3.63, 3.8) is 0 Å². The summed E-state index contributed by atoms with van der Waals surface area (Å²) in [6, 6.07) is 0. The summed E-state index contributed by atoms with van der Waals surface area (Å²) < 4.78 is 0. The lowest BCUT2D eigenvalue weighted by Crippen LogP contribution is -2.57. The minimum atomic E-state index is 0. The van der Waals surface area contributed by atoms with Gasteiger partial charge in [0, 0.05) is 45.8 Å². The number of carbonyl (C=O) groups is 1. The Morgan fingerprint density at radius 1 is 1.20 bits per heavy atom. The molecule has 2 atom stereocenters. The molecule has 0 aromatic heterocycles. The average molecular weight is 467 g/mol. The van der Waals surface area contributed by atoms with Gasteiger partial charge in [-0.05, 0) is 39.0 Å². The number of guanidine groups is 1. The molecule has 0 aromatic carbocycles. The number of hydrogen-bond acceptors (Lipinski definition) is 3. The molecular formula is C18H38IN5O. The molecule has 7 heteroatoms. The topological polar surface area (TPSA) is 60.0 Å². The monoisotopic (exact) mass is 467 g/mol. The van der Waals surface area contributed by atoms with Gasteiger partial charge < -0.3 is 15.5 Å². The van der Waals surface area contributed by atoms with Crippen molar-refractivity contribution in [2.24, 2.45) is 16.8 Å². The standard InChI is InChI=1S/C18H37N5O.HI/c1-8-19-17(20-10-16(24)22(6)7)21-13-18(4,5)23-11-14(2)9-15(3)12-23;/h14-15H,8-13H2,1-7H3,(H2,19,20,21);1H. The van der Waals surface area contributed by atoms with Gasteiger partial charge in [0.1, 0.15) is 6.54 Å². The first-order chi connectivity index (χ1) is 11.2. The van der Waals surface area contributed by atoms with E-state index < -0.39 is 0 Å². The van der Waals surface area contributed by atoms with Crippen LogP contribution in [0.4, 0.5) is 0 Å². The highest BCUT2D eigenvalue weighted by Crippen LogP contribution is 2.26. The molecule has 2 N–H and O–H groups in total. The highest BCUT2D eigenvalue weighted by molar-refractivity contribution is 14.0. The lowest BCUT2D eigenvalue weighted by molar-refractivity contribution is -0.127. The molecule has 1 amide bonds. The van der Waals surface area contributed by atoms with Crippen molar-refractivity contribution < 1.29 is 4.79 Å². The van der Waals surface area contributed by atoms with Crippen LogP contribution >= 0.6 is 24.0 Å². The van der Waals surface area contributed by atoms with Crippen LogP contribution in [0, 0.1) is 11.8 Å². The summed E-state index contributed by atoms with van der Waals surface area (Å²) in [5.74, 6) is 2.20. The number of halogens is 1. The molecule has 0 bridgehead atoms.